The highest BCUT2D eigenvalue weighted by Crippen LogP contribution is 2.21. The molecule has 23 heavy (non-hydrogen) atoms. The molecule has 3 rings (SSSR count). The molecular formula is C17H24N4O2. The fraction of sp³-hybridized carbons (Fsp3) is 0.588. The number of carbonyl (C=O) groups is 2. The van der Waals surface area contributed by atoms with Crippen molar-refractivity contribution < 1.29 is 9.59 Å². The number of amides is 3. The molecule has 1 aliphatic carbocycles. The van der Waals surface area contributed by atoms with Gasteiger partial charge in [-0.05, 0) is 49.8 Å². The lowest BCUT2D eigenvalue weighted by molar-refractivity contribution is -0.126. The Morgan fingerprint density at radius 3 is 2.74 bits per heavy atom. The van der Waals surface area contributed by atoms with Gasteiger partial charge >= 0.3 is 6.03 Å². The van der Waals surface area contributed by atoms with E-state index in [0.29, 0.717) is 19.1 Å². The lowest BCUT2D eigenvalue weighted by atomic mass is 9.97. The van der Waals surface area contributed by atoms with Crippen molar-refractivity contribution in [3.05, 3.63) is 30.1 Å². The smallest absolute Gasteiger partial charge is 0.317 e. The van der Waals surface area contributed by atoms with E-state index in [0.717, 1.165) is 44.2 Å². The minimum absolute atomic E-state index is 0.0122. The van der Waals surface area contributed by atoms with E-state index < -0.39 is 0 Å². The van der Waals surface area contributed by atoms with E-state index in [2.05, 4.69) is 15.6 Å². The Morgan fingerprint density at radius 1 is 1.22 bits per heavy atom. The molecule has 1 atom stereocenters. The maximum atomic E-state index is 12.3. The number of likely N-dealkylation sites (tertiary alicyclic amines) is 1. The molecule has 1 saturated carbocycles. The maximum Gasteiger partial charge on any atom is 0.317 e. The molecule has 1 aromatic heterocycles. The maximum absolute atomic E-state index is 12.3. The Hall–Kier alpha value is -2.11. The van der Waals surface area contributed by atoms with Gasteiger partial charge in [-0.1, -0.05) is 0 Å². The van der Waals surface area contributed by atoms with Crippen molar-refractivity contribution in [3.8, 4) is 0 Å². The molecule has 1 unspecified atom stereocenters. The summed E-state index contributed by atoms with van der Waals surface area (Å²) >= 11 is 0. The van der Waals surface area contributed by atoms with Gasteiger partial charge < -0.3 is 15.5 Å². The largest absolute Gasteiger partial charge is 0.355 e. The van der Waals surface area contributed by atoms with E-state index in [1.54, 1.807) is 17.3 Å². The number of nitrogens with zero attached hydrogens (tertiary/aromatic N) is 2. The molecule has 3 amide bonds. The summed E-state index contributed by atoms with van der Waals surface area (Å²) in [5.74, 6) is -0.0332. The third-order valence-corrected chi connectivity index (χ3v) is 4.45. The van der Waals surface area contributed by atoms with Crippen molar-refractivity contribution >= 4 is 11.9 Å². The molecule has 1 saturated heterocycles. The average molecular weight is 316 g/mol. The first kappa shape index (κ1) is 15.8. The van der Waals surface area contributed by atoms with Crippen molar-refractivity contribution in [2.45, 2.75) is 38.1 Å². The lowest BCUT2D eigenvalue weighted by Crippen LogP contribution is -2.49. The minimum atomic E-state index is -0.0915. The zero-order chi connectivity index (χ0) is 16.1. The minimum Gasteiger partial charge on any atom is -0.355 e. The molecule has 2 N–H and O–H groups in total. The van der Waals surface area contributed by atoms with Crippen LogP contribution in [-0.4, -0.2) is 47.5 Å². The van der Waals surface area contributed by atoms with Crippen molar-refractivity contribution in [3.63, 3.8) is 0 Å². The zero-order valence-electron chi connectivity index (χ0n) is 13.3. The Labute approximate surface area is 136 Å². The predicted octanol–water partition coefficient (Wildman–Crippen LogP) is 1.32. The van der Waals surface area contributed by atoms with E-state index in [4.69, 9.17) is 0 Å². The molecule has 1 aliphatic heterocycles. The highest BCUT2D eigenvalue weighted by molar-refractivity contribution is 5.81. The summed E-state index contributed by atoms with van der Waals surface area (Å²) in [6.07, 6.45) is 8.22. The second-order valence-corrected chi connectivity index (χ2v) is 6.41. The van der Waals surface area contributed by atoms with E-state index in [1.165, 1.54) is 0 Å². The quantitative estimate of drug-likeness (QED) is 0.860. The van der Waals surface area contributed by atoms with Crippen molar-refractivity contribution in [1.29, 1.82) is 0 Å². The van der Waals surface area contributed by atoms with Gasteiger partial charge in [0.25, 0.3) is 0 Å². The van der Waals surface area contributed by atoms with Gasteiger partial charge in [0.15, 0.2) is 0 Å². The number of urea groups is 1. The zero-order valence-corrected chi connectivity index (χ0v) is 13.3. The second kappa shape index (κ2) is 7.44. The fourth-order valence-corrected chi connectivity index (χ4v) is 2.89. The van der Waals surface area contributed by atoms with Crippen LogP contribution in [0.3, 0.4) is 0 Å². The van der Waals surface area contributed by atoms with E-state index >= 15 is 0 Å². The molecule has 1 aromatic rings. The van der Waals surface area contributed by atoms with Gasteiger partial charge in [-0.2, -0.15) is 0 Å². The second-order valence-electron chi connectivity index (χ2n) is 6.41. The van der Waals surface area contributed by atoms with Crippen molar-refractivity contribution in [1.82, 2.24) is 20.5 Å². The topological polar surface area (TPSA) is 74.3 Å². The molecule has 0 radical (unpaired) electrons. The molecule has 2 aliphatic rings. The highest BCUT2D eigenvalue weighted by atomic mass is 16.2. The van der Waals surface area contributed by atoms with Gasteiger partial charge in [0.2, 0.25) is 5.91 Å². The van der Waals surface area contributed by atoms with Crippen LogP contribution >= 0.6 is 0 Å². The van der Waals surface area contributed by atoms with Crippen LogP contribution in [0.25, 0.3) is 0 Å². The number of rotatable bonds is 5. The number of pyridine rings is 1. The Bertz CT molecular complexity index is 545. The van der Waals surface area contributed by atoms with Crippen molar-refractivity contribution in [2.24, 2.45) is 5.92 Å². The highest BCUT2D eigenvalue weighted by Gasteiger charge is 2.31. The first-order chi connectivity index (χ1) is 11.2. The SMILES string of the molecule is O=C(NCCc1ccncc1)C1CCCN(C(=O)NC2CC2)C1. The summed E-state index contributed by atoms with van der Waals surface area (Å²) in [4.78, 5) is 30.2. The Morgan fingerprint density at radius 2 is 2.00 bits per heavy atom. The third kappa shape index (κ3) is 4.68. The lowest BCUT2D eigenvalue weighted by Gasteiger charge is -2.32. The molecule has 124 valence electrons. The molecule has 2 heterocycles. The van der Waals surface area contributed by atoms with Crippen LogP contribution in [0.2, 0.25) is 0 Å². The van der Waals surface area contributed by atoms with Gasteiger partial charge in [0.1, 0.15) is 0 Å². The van der Waals surface area contributed by atoms with Gasteiger partial charge in [-0.15, -0.1) is 0 Å². The van der Waals surface area contributed by atoms with Crippen LogP contribution in [0.1, 0.15) is 31.2 Å². The number of hydrogen-bond acceptors (Lipinski definition) is 3. The molecule has 6 nitrogen and oxygen atoms in total. The number of carbonyl (C=O) groups excluding carboxylic acids is 2. The predicted molar refractivity (Wildman–Crippen MR) is 86.8 cm³/mol. The normalized spacial score (nSPS) is 20.9. The van der Waals surface area contributed by atoms with E-state index in [-0.39, 0.29) is 17.9 Å². The van der Waals surface area contributed by atoms with Gasteiger partial charge in [-0.25, -0.2) is 4.79 Å². The van der Waals surface area contributed by atoms with Crippen LogP contribution in [0, 0.1) is 5.92 Å². The van der Waals surface area contributed by atoms with Crippen LogP contribution in [0.5, 0.6) is 0 Å². The summed E-state index contributed by atoms with van der Waals surface area (Å²) < 4.78 is 0. The van der Waals surface area contributed by atoms with Crippen molar-refractivity contribution in [2.75, 3.05) is 19.6 Å². The summed E-state index contributed by atoms with van der Waals surface area (Å²) in [6.45, 7) is 1.90. The molecule has 6 heteroatoms. The number of nitrogens with one attached hydrogen (secondary N) is 2. The summed E-state index contributed by atoms with van der Waals surface area (Å²) in [5, 5.41) is 5.99. The molecule has 0 spiro atoms. The first-order valence-corrected chi connectivity index (χ1v) is 8.44. The number of aromatic nitrogens is 1. The van der Waals surface area contributed by atoms with Crippen LogP contribution in [-0.2, 0) is 11.2 Å². The summed E-state index contributed by atoms with van der Waals surface area (Å²) in [7, 11) is 0. The summed E-state index contributed by atoms with van der Waals surface area (Å²) in [5.41, 5.74) is 1.16. The van der Waals surface area contributed by atoms with Crippen LogP contribution < -0.4 is 10.6 Å². The Balaban J connectivity index is 1.42. The number of piperidine rings is 1. The summed E-state index contributed by atoms with van der Waals surface area (Å²) in [6, 6.07) is 4.26. The average Bonchev–Trinajstić information content (AvgIpc) is 3.40. The van der Waals surface area contributed by atoms with Gasteiger partial charge in [-0.3, -0.25) is 9.78 Å². The monoisotopic (exact) mass is 316 g/mol. The molecule has 2 fully saturated rings. The van der Waals surface area contributed by atoms with Gasteiger partial charge in [0, 0.05) is 38.1 Å². The van der Waals surface area contributed by atoms with Crippen LogP contribution in [0.4, 0.5) is 4.79 Å². The van der Waals surface area contributed by atoms with E-state index in [9.17, 15) is 9.59 Å². The van der Waals surface area contributed by atoms with Gasteiger partial charge in [0.05, 0.1) is 5.92 Å². The third-order valence-electron chi connectivity index (χ3n) is 4.45. The fourth-order valence-electron chi connectivity index (χ4n) is 2.89. The standard InChI is InChI=1S/C17H24N4O2/c22-16(19-10-7-13-5-8-18-9-6-13)14-2-1-11-21(12-14)17(23)20-15-3-4-15/h5-6,8-9,14-15H,1-4,7,10-12H2,(H,19,22)(H,20,23). The van der Waals surface area contributed by atoms with Crippen LogP contribution in [0.15, 0.2) is 24.5 Å². The molecule has 0 aromatic carbocycles. The molecule has 0 bridgehead atoms. The Kier molecular flexibility index (Phi) is 5.10. The first-order valence-electron chi connectivity index (χ1n) is 8.44. The van der Waals surface area contributed by atoms with E-state index in [1.807, 2.05) is 12.1 Å². The number of hydrogen-bond donors (Lipinski definition) is 2. The molecular weight excluding hydrogens is 292 g/mol.